The number of fused-ring (bicyclic) bond motifs is 1. The minimum absolute atomic E-state index is 0.369. The molecule has 0 radical (unpaired) electrons. The first kappa shape index (κ1) is 18.0. The number of carbonyl (C=O) groups is 1. The van der Waals surface area contributed by atoms with Crippen LogP contribution in [-0.4, -0.2) is 26.1 Å². The van der Waals surface area contributed by atoms with Crippen LogP contribution in [0.1, 0.15) is 17.2 Å². The first-order chi connectivity index (χ1) is 13.5. The quantitative estimate of drug-likeness (QED) is 0.536. The number of aliphatic carboxylic acids is 1. The van der Waals surface area contributed by atoms with Gasteiger partial charge in [0.05, 0.1) is 0 Å². The third kappa shape index (κ3) is 3.54. The molecule has 0 aliphatic carbocycles. The van der Waals surface area contributed by atoms with Crippen molar-refractivity contribution in [3.8, 4) is 11.4 Å². The van der Waals surface area contributed by atoms with E-state index in [1.165, 1.54) is 4.80 Å². The van der Waals surface area contributed by atoms with E-state index in [0.717, 1.165) is 16.6 Å². The number of carboxylic acids is 1. The highest BCUT2D eigenvalue weighted by molar-refractivity contribution is 6.30. The Morgan fingerprint density at radius 3 is 2.29 bits per heavy atom. The van der Waals surface area contributed by atoms with Gasteiger partial charge in [0.1, 0.15) is 22.5 Å². The zero-order chi connectivity index (χ0) is 19.7. The van der Waals surface area contributed by atoms with Crippen LogP contribution in [0.15, 0.2) is 66.7 Å². The average molecular weight is 394 g/mol. The Morgan fingerprint density at radius 1 is 1.04 bits per heavy atom. The molecule has 4 rings (SSSR count). The number of halogens is 1. The number of rotatable bonds is 5. The Hall–Kier alpha value is -3.38. The lowest BCUT2D eigenvalue weighted by Gasteiger charge is -2.18. The van der Waals surface area contributed by atoms with Crippen LogP contribution in [0, 0.1) is 6.92 Å². The fourth-order valence-corrected chi connectivity index (χ4v) is 3.00. The Balaban J connectivity index is 1.77. The van der Waals surface area contributed by atoms with Gasteiger partial charge in [-0.3, -0.25) is 0 Å². The summed E-state index contributed by atoms with van der Waals surface area (Å²) >= 11 is 5.91. The fraction of sp³-hybridized carbons (Fsp3) is 0.0952. The Kier molecular flexibility index (Phi) is 4.71. The van der Waals surface area contributed by atoms with E-state index in [1.54, 1.807) is 30.3 Å². The van der Waals surface area contributed by atoms with Crippen molar-refractivity contribution in [2.75, 3.05) is 0 Å². The molecule has 0 bridgehead atoms. The number of aryl methyl sites for hydroxylation is 1. The molecule has 0 saturated heterocycles. The van der Waals surface area contributed by atoms with E-state index in [1.807, 2.05) is 43.3 Å². The van der Waals surface area contributed by atoms with Crippen molar-refractivity contribution in [1.82, 2.24) is 15.0 Å². The van der Waals surface area contributed by atoms with E-state index >= 15 is 0 Å². The standard InChI is InChI=1S/C21H16ClN3O3/c1-13-6-11-19(28-20(21(26)27)14-7-9-15(22)10-8-14)18(12-13)25-23-16-4-2-3-5-17(16)24-25/h2-12,20H,1H3,(H,26,27). The van der Waals surface area contributed by atoms with Gasteiger partial charge in [0.25, 0.3) is 0 Å². The van der Waals surface area contributed by atoms with E-state index < -0.39 is 12.1 Å². The van der Waals surface area contributed by atoms with Gasteiger partial charge in [-0.1, -0.05) is 41.9 Å². The zero-order valence-corrected chi connectivity index (χ0v) is 15.7. The largest absolute Gasteiger partial charge is 0.478 e. The second-order valence-electron chi connectivity index (χ2n) is 6.34. The lowest BCUT2D eigenvalue weighted by Crippen LogP contribution is -2.19. The minimum atomic E-state index is -1.19. The molecule has 7 heteroatoms. The van der Waals surface area contributed by atoms with Gasteiger partial charge in [-0.25, -0.2) is 4.79 Å². The van der Waals surface area contributed by atoms with Crippen molar-refractivity contribution in [1.29, 1.82) is 0 Å². The summed E-state index contributed by atoms with van der Waals surface area (Å²) in [6.07, 6.45) is -1.19. The molecule has 4 aromatic rings. The van der Waals surface area contributed by atoms with Crippen molar-refractivity contribution in [3.63, 3.8) is 0 Å². The van der Waals surface area contributed by atoms with Crippen LogP contribution in [0.2, 0.25) is 5.02 Å². The molecule has 1 heterocycles. The minimum Gasteiger partial charge on any atom is -0.478 e. The van der Waals surface area contributed by atoms with Gasteiger partial charge >= 0.3 is 5.97 Å². The van der Waals surface area contributed by atoms with Crippen LogP contribution in [-0.2, 0) is 4.79 Å². The molecule has 28 heavy (non-hydrogen) atoms. The molecule has 1 aromatic heterocycles. The summed E-state index contributed by atoms with van der Waals surface area (Å²) in [5, 5.41) is 19.2. The third-order valence-corrected chi connectivity index (χ3v) is 4.51. The second-order valence-corrected chi connectivity index (χ2v) is 6.77. The molecule has 0 amide bonds. The number of hydrogen-bond acceptors (Lipinski definition) is 4. The summed E-state index contributed by atoms with van der Waals surface area (Å²) in [4.78, 5) is 13.3. The number of nitrogens with zero attached hydrogens (tertiary/aromatic N) is 3. The van der Waals surface area contributed by atoms with Crippen molar-refractivity contribution >= 4 is 28.6 Å². The average Bonchev–Trinajstić information content (AvgIpc) is 3.11. The Labute approximate surface area is 165 Å². The highest BCUT2D eigenvalue weighted by Crippen LogP contribution is 2.30. The van der Waals surface area contributed by atoms with Gasteiger partial charge in [-0.15, -0.1) is 15.0 Å². The van der Waals surface area contributed by atoms with Crippen molar-refractivity contribution in [2.45, 2.75) is 13.0 Å². The number of ether oxygens (including phenoxy) is 1. The van der Waals surface area contributed by atoms with Crippen molar-refractivity contribution in [3.05, 3.63) is 82.9 Å². The highest BCUT2D eigenvalue weighted by atomic mass is 35.5. The first-order valence-corrected chi connectivity index (χ1v) is 8.97. The van der Waals surface area contributed by atoms with E-state index in [0.29, 0.717) is 22.0 Å². The predicted octanol–water partition coefficient (Wildman–Crippen LogP) is 4.59. The van der Waals surface area contributed by atoms with Gasteiger partial charge in [0.2, 0.25) is 6.10 Å². The number of carboxylic acid groups (broad SMARTS) is 1. The summed E-state index contributed by atoms with van der Waals surface area (Å²) < 4.78 is 5.89. The number of hydrogen-bond donors (Lipinski definition) is 1. The summed E-state index contributed by atoms with van der Waals surface area (Å²) in [7, 11) is 0. The van der Waals surface area contributed by atoms with Crippen LogP contribution < -0.4 is 4.74 Å². The van der Waals surface area contributed by atoms with Gasteiger partial charge in [0, 0.05) is 10.6 Å². The fourth-order valence-electron chi connectivity index (χ4n) is 2.88. The van der Waals surface area contributed by atoms with E-state index in [4.69, 9.17) is 16.3 Å². The van der Waals surface area contributed by atoms with E-state index in [-0.39, 0.29) is 0 Å². The number of benzene rings is 3. The summed E-state index contributed by atoms with van der Waals surface area (Å²) in [6, 6.07) is 19.5. The van der Waals surface area contributed by atoms with Gasteiger partial charge in [-0.2, -0.15) is 0 Å². The smallest absolute Gasteiger partial charge is 0.349 e. The summed E-state index contributed by atoms with van der Waals surface area (Å²) in [6.45, 7) is 1.93. The first-order valence-electron chi connectivity index (χ1n) is 8.59. The van der Waals surface area contributed by atoms with Crippen molar-refractivity contribution < 1.29 is 14.6 Å². The summed E-state index contributed by atoms with van der Waals surface area (Å²) in [5.41, 5.74) is 3.50. The zero-order valence-electron chi connectivity index (χ0n) is 14.9. The van der Waals surface area contributed by atoms with Gasteiger partial charge < -0.3 is 9.84 Å². The molecule has 0 aliphatic heterocycles. The molecule has 0 fully saturated rings. The maximum atomic E-state index is 11.8. The molecular weight excluding hydrogens is 378 g/mol. The monoisotopic (exact) mass is 393 g/mol. The van der Waals surface area contributed by atoms with Crippen LogP contribution >= 0.6 is 11.6 Å². The highest BCUT2D eigenvalue weighted by Gasteiger charge is 2.24. The van der Waals surface area contributed by atoms with Crippen LogP contribution in [0.3, 0.4) is 0 Å². The molecule has 0 spiro atoms. The third-order valence-electron chi connectivity index (χ3n) is 4.26. The van der Waals surface area contributed by atoms with E-state index in [9.17, 15) is 9.90 Å². The van der Waals surface area contributed by atoms with Crippen molar-refractivity contribution in [2.24, 2.45) is 0 Å². The topological polar surface area (TPSA) is 77.2 Å². The van der Waals surface area contributed by atoms with Gasteiger partial charge in [0.15, 0.2) is 0 Å². The van der Waals surface area contributed by atoms with Crippen LogP contribution in [0.4, 0.5) is 0 Å². The Morgan fingerprint density at radius 2 is 1.68 bits per heavy atom. The maximum absolute atomic E-state index is 11.8. The molecule has 1 unspecified atom stereocenters. The van der Waals surface area contributed by atoms with Gasteiger partial charge in [-0.05, 0) is 48.9 Å². The molecule has 0 saturated carbocycles. The lowest BCUT2D eigenvalue weighted by molar-refractivity contribution is -0.145. The Bertz CT molecular complexity index is 1120. The molecule has 0 aliphatic rings. The molecule has 140 valence electrons. The molecule has 1 atom stereocenters. The van der Waals surface area contributed by atoms with E-state index in [2.05, 4.69) is 10.2 Å². The SMILES string of the molecule is Cc1ccc(OC(C(=O)O)c2ccc(Cl)cc2)c(-n2nc3ccccc3n2)c1. The predicted molar refractivity (Wildman–Crippen MR) is 106 cm³/mol. The molecule has 1 N–H and O–H groups in total. The summed E-state index contributed by atoms with van der Waals surface area (Å²) in [5.74, 6) is -0.735. The molecule has 6 nitrogen and oxygen atoms in total. The van der Waals surface area contributed by atoms with Crippen LogP contribution in [0.5, 0.6) is 5.75 Å². The molecule has 3 aromatic carbocycles. The van der Waals surface area contributed by atoms with Crippen LogP contribution in [0.25, 0.3) is 16.7 Å². The normalized spacial score (nSPS) is 12.1. The number of aromatic nitrogens is 3. The lowest BCUT2D eigenvalue weighted by atomic mass is 10.1. The molecular formula is C21H16ClN3O3. The maximum Gasteiger partial charge on any atom is 0.349 e. The second kappa shape index (κ2) is 7.32.